The molecule has 2 fully saturated rings. The first-order valence-electron chi connectivity index (χ1n) is 11.4. The van der Waals surface area contributed by atoms with Crippen molar-refractivity contribution in [3.8, 4) is 0 Å². The molecule has 1 aliphatic carbocycles. The summed E-state index contributed by atoms with van der Waals surface area (Å²) < 4.78 is 44.9. The molecular weight excluding hydrogens is 423 g/mol. The van der Waals surface area contributed by atoms with Gasteiger partial charge in [0.25, 0.3) is 0 Å². The summed E-state index contributed by atoms with van der Waals surface area (Å²) in [5.41, 5.74) is -0.656. The standard InChI is InChI=1S/C23H32F3N3O3/c1-15(30)22(7-3-19(12-22)28(2)18-5-9-32-10-6-18)21(31)29-8-4-20-16(14-29)11-17(13-27-20)23(24,25)26/h11,13,15,18-19,30H,3-10,12,14H2,1-2H3/t15?,19-,22+/m1/s1. The molecule has 1 saturated carbocycles. The number of pyridine rings is 1. The number of aromatic nitrogens is 1. The number of alkyl halides is 3. The summed E-state index contributed by atoms with van der Waals surface area (Å²) in [6.07, 6.45) is -0.156. The van der Waals surface area contributed by atoms with E-state index in [9.17, 15) is 23.1 Å². The van der Waals surface area contributed by atoms with E-state index in [-0.39, 0.29) is 18.5 Å². The van der Waals surface area contributed by atoms with Crippen LogP contribution in [0.15, 0.2) is 12.3 Å². The fourth-order valence-corrected chi connectivity index (χ4v) is 5.61. The number of halogens is 3. The molecule has 0 aromatic carbocycles. The van der Waals surface area contributed by atoms with Crippen molar-refractivity contribution in [2.45, 2.75) is 76.4 Å². The molecule has 0 radical (unpaired) electrons. The van der Waals surface area contributed by atoms with Gasteiger partial charge in [0, 0.05) is 56.7 Å². The predicted molar refractivity (Wildman–Crippen MR) is 112 cm³/mol. The number of amides is 1. The molecule has 1 aromatic heterocycles. The molecule has 2 aliphatic heterocycles. The van der Waals surface area contributed by atoms with Gasteiger partial charge in [0.1, 0.15) is 0 Å². The molecule has 178 valence electrons. The molecule has 1 N–H and O–H groups in total. The van der Waals surface area contributed by atoms with E-state index in [2.05, 4.69) is 16.9 Å². The largest absolute Gasteiger partial charge is 0.417 e. The summed E-state index contributed by atoms with van der Waals surface area (Å²) in [7, 11) is 2.09. The Morgan fingerprint density at radius 2 is 2.03 bits per heavy atom. The third-order valence-corrected chi connectivity index (χ3v) is 7.75. The number of carbonyl (C=O) groups is 1. The molecule has 0 bridgehead atoms. The molecule has 1 amide bonds. The van der Waals surface area contributed by atoms with Crippen molar-refractivity contribution < 1.29 is 27.8 Å². The van der Waals surface area contributed by atoms with E-state index >= 15 is 0 Å². The zero-order valence-corrected chi connectivity index (χ0v) is 18.7. The Morgan fingerprint density at radius 1 is 1.31 bits per heavy atom. The third kappa shape index (κ3) is 4.39. The summed E-state index contributed by atoms with van der Waals surface area (Å²) in [6.45, 7) is 3.64. The molecule has 0 spiro atoms. The zero-order valence-electron chi connectivity index (χ0n) is 18.7. The highest BCUT2D eigenvalue weighted by Gasteiger charge is 2.52. The minimum Gasteiger partial charge on any atom is -0.392 e. The Hall–Kier alpha value is -1.71. The fraction of sp³-hybridized carbons (Fsp3) is 0.739. The first-order chi connectivity index (χ1) is 15.1. The Labute approximate surface area is 186 Å². The van der Waals surface area contributed by atoms with Crippen LogP contribution < -0.4 is 0 Å². The lowest BCUT2D eigenvalue weighted by atomic mass is 9.78. The minimum atomic E-state index is -4.47. The minimum absolute atomic E-state index is 0.0972. The summed E-state index contributed by atoms with van der Waals surface area (Å²) in [4.78, 5) is 21.6. The van der Waals surface area contributed by atoms with Gasteiger partial charge in [-0.05, 0) is 57.7 Å². The second-order valence-corrected chi connectivity index (χ2v) is 9.54. The molecule has 1 aromatic rings. The molecule has 1 unspecified atom stereocenters. The number of hydrogen-bond donors (Lipinski definition) is 1. The summed E-state index contributed by atoms with van der Waals surface area (Å²) in [5.74, 6) is -0.154. The quantitative estimate of drug-likeness (QED) is 0.756. The normalized spacial score (nSPS) is 28.1. The van der Waals surface area contributed by atoms with Gasteiger partial charge >= 0.3 is 6.18 Å². The smallest absolute Gasteiger partial charge is 0.392 e. The maximum Gasteiger partial charge on any atom is 0.417 e. The van der Waals surface area contributed by atoms with E-state index in [4.69, 9.17) is 4.74 Å². The summed E-state index contributed by atoms with van der Waals surface area (Å²) in [5, 5.41) is 10.7. The van der Waals surface area contributed by atoms with Crippen LogP contribution in [0, 0.1) is 5.41 Å². The van der Waals surface area contributed by atoms with Gasteiger partial charge in [0.15, 0.2) is 0 Å². The van der Waals surface area contributed by atoms with Gasteiger partial charge < -0.3 is 19.6 Å². The highest BCUT2D eigenvalue weighted by Crippen LogP contribution is 2.46. The second-order valence-electron chi connectivity index (χ2n) is 9.54. The van der Waals surface area contributed by atoms with Gasteiger partial charge in [0.2, 0.25) is 5.91 Å². The number of aliphatic hydroxyl groups excluding tert-OH is 1. The van der Waals surface area contributed by atoms with Gasteiger partial charge in [-0.3, -0.25) is 9.78 Å². The number of rotatable bonds is 4. The van der Waals surface area contributed by atoms with Crippen molar-refractivity contribution in [2.75, 3.05) is 26.8 Å². The fourth-order valence-electron chi connectivity index (χ4n) is 5.61. The Morgan fingerprint density at radius 3 is 2.69 bits per heavy atom. The molecule has 1 saturated heterocycles. The molecule has 3 atom stereocenters. The highest BCUT2D eigenvalue weighted by molar-refractivity contribution is 5.84. The summed E-state index contributed by atoms with van der Waals surface area (Å²) in [6, 6.07) is 1.70. The topological polar surface area (TPSA) is 65.9 Å². The second kappa shape index (κ2) is 8.91. The third-order valence-electron chi connectivity index (χ3n) is 7.75. The molecule has 3 aliphatic rings. The lowest BCUT2D eigenvalue weighted by Gasteiger charge is -2.40. The molecule has 6 nitrogen and oxygen atoms in total. The van der Waals surface area contributed by atoms with Gasteiger partial charge in [-0.15, -0.1) is 0 Å². The van der Waals surface area contributed by atoms with E-state index in [0.29, 0.717) is 43.1 Å². The van der Waals surface area contributed by atoms with Crippen LogP contribution in [0.4, 0.5) is 13.2 Å². The van der Waals surface area contributed by atoms with Crippen molar-refractivity contribution in [3.05, 3.63) is 29.1 Å². The average molecular weight is 456 g/mol. The van der Waals surface area contributed by atoms with E-state index in [1.54, 1.807) is 11.8 Å². The molecule has 4 rings (SSSR count). The van der Waals surface area contributed by atoms with Crippen LogP contribution in [0.25, 0.3) is 0 Å². The number of hydrogen-bond acceptors (Lipinski definition) is 5. The van der Waals surface area contributed by atoms with Crippen LogP contribution in [-0.4, -0.2) is 70.8 Å². The first kappa shape index (κ1) is 23.4. The van der Waals surface area contributed by atoms with Crippen molar-refractivity contribution in [1.82, 2.24) is 14.8 Å². The Kier molecular flexibility index (Phi) is 6.53. The van der Waals surface area contributed by atoms with E-state index in [1.807, 2.05) is 0 Å². The van der Waals surface area contributed by atoms with Gasteiger partial charge in [-0.2, -0.15) is 13.2 Å². The lowest BCUT2D eigenvalue weighted by molar-refractivity contribution is -0.150. The SMILES string of the molecule is CC(O)[C@]1(C(=O)N2CCc3ncc(C(F)(F)F)cc3C2)CC[C@@H](N(C)C2CCOCC2)C1. The number of aliphatic hydroxyl groups is 1. The number of fused-ring (bicyclic) bond motifs is 1. The lowest BCUT2D eigenvalue weighted by Crippen LogP contribution is -2.51. The molecule has 9 heteroatoms. The molecular formula is C23H32F3N3O3. The molecule has 32 heavy (non-hydrogen) atoms. The maximum atomic E-state index is 13.7. The first-order valence-corrected chi connectivity index (χ1v) is 11.4. The van der Waals surface area contributed by atoms with Crippen molar-refractivity contribution in [3.63, 3.8) is 0 Å². The van der Waals surface area contributed by atoms with E-state index < -0.39 is 23.3 Å². The van der Waals surface area contributed by atoms with Gasteiger partial charge in [-0.25, -0.2) is 0 Å². The van der Waals surface area contributed by atoms with Gasteiger partial charge in [-0.1, -0.05) is 0 Å². The monoisotopic (exact) mass is 455 g/mol. The van der Waals surface area contributed by atoms with Crippen molar-refractivity contribution in [2.24, 2.45) is 5.41 Å². The summed E-state index contributed by atoms with van der Waals surface area (Å²) >= 11 is 0. The molecule has 3 heterocycles. The predicted octanol–water partition coefficient (Wildman–Crippen LogP) is 3.02. The van der Waals surface area contributed by atoms with E-state index in [1.165, 1.54) is 0 Å². The van der Waals surface area contributed by atoms with Crippen LogP contribution in [-0.2, 0) is 28.7 Å². The van der Waals surface area contributed by atoms with Crippen molar-refractivity contribution >= 4 is 5.91 Å². The number of ether oxygens (including phenoxy) is 1. The van der Waals surface area contributed by atoms with Crippen LogP contribution >= 0.6 is 0 Å². The zero-order chi connectivity index (χ0) is 23.1. The Bertz CT molecular complexity index is 842. The van der Waals surface area contributed by atoms with Crippen LogP contribution in [0.5, 0.6) is 0 Å². The maximum absolute atomic E-state index is 13.7. The van der Waals surface area contributed by atoms with Crippen LogP contribution in [0.1, 0.15) is 55.8 Å². The highest BCUT2D eigenvalue weighted by atomic mass is 19.4. The Balaban J connectivity index is 1.51. The van der Waals surface area contributed by atoms with Crippen LogP contribution in [0.2, 0.25) is 0 Å². The van der Waals surface area contributed by atoms with Crippen molar-refractivity contribution in [1.29, 1.82) is 0 Å². The van der Waals surface area contributed by atoms with Gasteiger partial charge in [0.05, 0.1) is 17.1 Å². The van der Waals surface area contributed by atoms with Crippen LogP contribution in [0.3, 0.4) is 0 Å². The number of nitrogens with zero attached hydrogens (tertiary/aromatic N) is 3. The average Bonchev–Trinajstić information content (AvgIpc) is 3.24. The van der Waals surface area contributed by atoms with E-state index in [0.717, 1.165) is 44.7 Å². The number of carbonyl (C=O) groups excluding carboxylic acids is 1.